The maximum Gasteiger partial charge on any atom is 0.408 e. The quantitative estimate of drug-likeness (QED) is 0.299. The van der Waals surface area contributed by atoms with Crippen molar-refractivity contribution in [1.82, 2.24) is 15.5 Å². The topological polar surface area (TPSA) is 114 Å². The molecule has 0 aliphatic rings. The zero-order chi connectivity index (χ0) is 32.5. The Morgan fingerprint density at radius 2 is 1.40 bits per heavy atom. The molecule has 3 amide bonds. The van der Waals surface area contributed by atoms with Gasteiger partial charge in [-0.3, -0.25) is 9.59 Å². The van der Waals surface area contributed by atoms with Crippen molar-refractivity contribution in [3.8, 4) is 12.3 Å². The molecular weight excluding hydrogens is 546 g/mol. The van der Waals surface area contributed by atoms with Crippen LogP contribution in [0.4, 0.5) is 4.79 Å². The molecule has 0 aliphatic carbocycles. The van der Waals surface area contributed by atoms with E-state index < -0.39 is 59.2 Å². The van der Waals surface area contributed by atoms with Crippen LogP contribution in [0.2, 0.25) is 0 Å². The third kappa shape index (κ3) is 10.8. The Labute approximate surface area is 255 Å². The molecule has 2 aromatic rings. The smallest absolute Gasteiger partial charge is 0.408 e. The number of nitrogens with one attached hydrogen (secondary N) is 2. The number of carbonyl (C=O) groups is 4. The molecule has 9 nitrogen and oxygen atoms in total. The minimum atomic E-state index is -1.23. The first-order valence-corrected chi connectivity index (χ1v) is 14.4. The second-order valence-electron chi connectivity index (χ2n) is 12.6. The fourth-order valence-corrected chi connectivity index (χ4v) is 4.40. The fraction of sp³-hybridized carbons (Fsp3) is 0.471. The van der Waals surface area contributed by atoms with Gasteiger partial charge in [-0.15, -0.1) is 6.42 Å². The van der Waals surface area contributed by atoms with E-state index in [1.165, 1.54) is 11.8 Å². The van der Waals surface area contributed by atoms with Gasteiger partial charge < -0.3 is 25.0 Å². The van der Waals surface area contributed by atoms with Crippen LogP contribution in [-0.4, -0.2) is 58.1 Å². The zero-order valence-electron chi connectivity index (χ0n) is 26.7. The second kappa shape index (κ2) is 14.7. The van der Waals surface area contributed by atoms with Crippen LogP contribution < -0.4 is 10.6 Å². The third-order valence-electron chi connectivity index (χ3n) is 6.14. The summed E-state index contributed by atoms with van der Waals surface area (Å²) in [6.45, 7) is 15.4. The molecule has 3 unspecified atom stereocenters. The highest BCUT2D eigenvalue weighted by molar-refractivity contribution is 5.94. The van der Waals surface area contributed by atoms with Gasteiger partial charge in [0, 0.05) is 18.0 Å². The molecule has 0 saturated heterocycles. The zero-order valence-corrected chi connectivity index (χ0v) is 26.7. The monoisotopic (exact) mass is 591 g/mol. The highest BCUT2D eigenvalue weighted by atomic mass is 16.6. The molecular formula is C34H45N3O6. The first-order valence-electron chi connectivity index (χ1n) is 14.4. The third-order valence-corrected chi connectivity index (χ3v) is 6.14. The van der Waals surface area contributed by atoms with Crippen molar-refractivity contribution in [3.63, 3.8) is 0 Å². The van der Waals surface area contributed by atoms with Crippen LogP contribution in [0, 0.1) is 12.3 Å². The minimum absolute atomic E-state index is 0.164. The van der Waals surface area contributed by atoms with Crippen LogP contribution in [0.15, 0.2) is 54.6 Å². The first-order chi connectivity index (χ1) is 19.9. The lowest BCUT2D eigenvalue weighted by atomic mass is 9.96. The maximum absolute atomic E-state index is 14.3. The van der Waals surface area contributed by atoms with E-state index in [0.29, 0.717) is 11.1 Å². The van der Waals surface area contributed by atoms with Crippen molar-refractivity contribution in [2.75, 3.05) is 0 Å². The summed E-state index contributed by atoms with van der Waals surface area (Å²) in [5.41, 5.74) is 0.0527. The molecule has 2 N–H and O–H groups in total. The van der Waals surface area contributed by atoms with Gasteiger partial charge in [-0.05, 0) is 79.5 Å². The van der Waals surface area contributed by atoms with Crippen LogP contribution in [0.1, 0.15) is 85.0 Å². The van der Waals surface area contributed by atoms with E-state index in [2.05, 4.69) is 16.6 Å². The normalized spacial score (nSPS) is 13.6. The first kappa shape index (κ1) is 34.9. The average Bonchev–Trinajstić information content (AvgIpc) is 2.89. The summed E-state index contributed by atoms with van der Waals surface area (Å²) in [6.07, 6.45) is 5.21. The summed E-state index contributed by atoms with van der Waals surface area (Å²) in [5, 5.41) is 5.42. The van der Waals surface area contributed by atoms with E-state index in [-0.39, 0.29) is 6.42 Å². The van der Waals surface area contributed by atoms with Gasteiger partial charge in [0.2, 0.25) is 11.8 Å². The molecule has 9 heteroatoms. The lowest BCUT2D eigenvalue weighted by Crippen LogP contribution is -2.56. The number of nitrogens with zero attached hydrogens (tertiary/aromatic N) is 1. The van der Waals surface area contributed by atoms with E-state index in [1.807, 2.05) is 30.3 Å². The fourth-order valence-electron chi connectivity index (χ4n) is 4.40. The molecule has 43 heavy (non-hydrogen) atoms. The number of terminal acetylenes is 1. The molecule has 2 rings (SSSR count). The second-order valence-corrected chi connectivity index (χ2v) is 12.6. The molecule has 0 heterocycles. The molecule has 0 saturated carbocycles. The predicted octanol–water partition coefficient (Wildman–Crippen LogP) is 4.93. The molecule has 232 valence electrons. The van der Waals surface area contributed by atoms with Gasteiger partial charge in [-0.1, -0.05) is 54.5 Å². The van der Waals surface area contributed by atoms with Gasteiger partial charge in [-0.2, -0.15) is 0 Å². The molecule has 0 spiro atoms. The van der Waals surface area contributed by atoms with Gasteiger partial charge >= 0.3 is 12.1 Å². The number of ether oxygens (including phenoxy) is 2. The van der Waals surface area contributed by atoms with E-state index in [9.17, 15) is 19.2 Å². The van der Waals surface area contributed by atoms with Crippen molar-refractivity contribution in [2.24, 2.45) is 0 Å². The van der Waals surface area contributed by atoms with E-state index >= 15 is 0 Å². The Morgan fingerprint density at radius 1 is 0.837 bits per heavy atom. The lowest BCUT2D eigenvalue weighted by molar-refractivity contribution is -0.159. The Bertz CT molecular complexity index is 1320. The van der Waals surface area contributed by atoms with Crippen molar-refractivity contribution < 1.29 is 28.7 Å². The van der Waals surface area contributed by atoms with Crippen LogP contribution in [-0.2, 0) is 30.3 Å². The predicted molar refractivity (Wildman–Crippen MR) is 166 cm³/mol. The maximum atomic E-state index is 14.3. The summed E-state index contributed by atoms with van der Waals surface area (Å²) in [5.74, 6) is 0.822. The van der Waals surface area contributed by atoms with Crippen LogP contribution >= 0.6 is 0 Å². The molecule has 0 aromatic heterocycles. The Hall–Kier alpha value is -4.32. The van der Waals surface area contributed by atoms with Gasteiger partial charge in [0.15, 0.2) is 0 Å². The van der Waals surface area contributed by atoms with E-state index in [0.717, 1.165) is 5.56 Å². The molecule has 0 fully saturated rings. The lowest BCUT2D eigenvalue weighted by Gasteiger charge is -2.37. The number of hydrogen-bond acceptors (Lipinski definition) is 6. The number of amides is 3. The SMILES string of the molecule is C#Cc1ccccc1C(C(=O)NC(Cc1ccccc1)C(=O)OC(C)(C)C)N(C(=O)C(C)NC(=O)OC(C)(C)C)C(C)C. The highest BCUT2D eigenvalue weighted by Gasteiger charge is 2.39. The van der Waals surface area contributed by atoms with Gasteiger partial charge in [0.05, 0.1) is 0 Å². The van der Waals surface area contributed by atoms with Crippen molar-refractivity contribution in [3.05, 3.63) is 71.3 Å². The number of carbonyl (C=O) groups excluding carboxylic acids is 4. The summed E-state index contributed by atoms with van der Waals surface area (Å²) in [4.78, 5) is 55.4. The van der Waals surface area contributed by atoms with Crippen LogP contribution in [0.5, 0.6) is 0 Å². The van der Waals surface area contributed by atoms with Gasteiger partial charge in [-0.25, -0.2) is 9.59 Å². The van der Waals surface area contributed by atoms with Crippen molar-refractivity contribution in [1.29, 1.82) is 0 Å². The van der Waals surface area contributed by atoms with E-state index in [1.54, 1.807) is 79.7 Å². The van der Waals surface area contributed by atoms with Crippen LogP contribution in [0.25, 0.3) is 0 Å². The largest absolute Gasteiger partial charge is 0.458 e. The van der Waals surface area contributed by atoms with Gasteiger partial charge in [0.1, 0.15) is 29.3 Å². The van der Waals surface area contributed by atoms with Crippen molar-refractivity contribution >= 4 is 23.9 Å². The number of alkyl carbamates (subject to hydrolysis) is 1. The Morgan fingerprint density at radius 3 is 1.93 bits per heavy atom. The number of rotatable bonds is 10. The molecule has 3 atom stereocenters. The van der Waals surface area contributed by atoms with E-state index in [4.69, 9.17) is 15.9 Å². The van der Waals surface area contributed by atoms with Gasteiger partial charge in [0.25, 0.3) is 0 Å². The number of hydrogen-bond donors (Lipinski definition) is 2. The highest BCUT2D eigenvalue weighted by Crippen LogP contribution is 2.28. The summed E-state index contributed by atoms with van der Waals surface area (Å²) in [6, 6.07) is 12.2. The molecule has 0 radical (unpaired) electrons. The average molecular weight is 592 g/mol. The Balaban J connectivity index is 2.56. The van der Waals surface area contributed by atoms with Crippen molar-refractivity contribution in [2.45, 2.75) is 104 Å². The summed E-state index contributed by atoms with van der Waals surface area (Å²) >= 11 is 0. The molecule has 0 bridgehead atoms. The molecule has 2 aromatic carbocycles. The minimum Gasteiger partial charge on any atom is -0.458 e. The molecule has 0 aliphatic heterocycles. The summed E-state index contributed by atoms with van der Waals surface area (Å²) in [7, 11) is 0. The number of esters is 1. The summed E-state index contributed by atoms with van der Waals surface area (Å²) < 4.78 is 11.0. The number of benzene rings is 2. The standard InChI is InChI=1S/C34H45N3O6/c1-11-25-19-15-16-20-26(25)28(37(22(2)3)30(39)23(4)35-32(41)43-34(8,9)10)29(38)36-27(31(40)42-33(5,6)7)21-24-17-13-12-14-18-24/h1,12-20,22-23,27-28H,21H2,2-10H3,(H,35,41)(H,36,38). The van der Waals surface area contributed by atoms with Crippen LogP contribution in [0.3, 0.4) is 0 Å². The Kier molecular flexibility index (Phi) is 11.9.